The summed E-state index contributed by atoms with van der Waals surface area (Å²) in [6.45, 7) is 8.85. The Hall–Kier alpha value is -1.35. The standard InChI is InChI=1S/C15H24N2O/c1-5-9-16-15(18)13(4)17-12(3)14-8-6-7-11(2)10-14/h6-8,10,12-13,17H,5,9H2,1-4H3,(H,16,18)/t12-,13?/m1/s1. The number of carbonyl (C=O) groups excluding carboxylic acids is 1. The van der Waals surface area contributed by atoms with E-state index in [-0.39, 0.29) is 18.0 Å². The zero-order chi connectivity index (χ0) is 13.5. The lowest BCUT2D eigenvalue weighted by Gasteiger charge is -2.20. The van der Waals surface area contributed by atoms with E-state index < -0.39 is 0 Å². The molecule has 0 aliphatic heterocycles. The zero-order valence-corrected chi connectivity index (χ0v) is 11.8. The van der Waals surface area contributed by atoms with E-state index in [0.717, 1.165) is 13.0 Å². The van der Waals surface area contributed by atoms with Crippen molar-refractivity contribution in [1.82, 2.24) is 10.6 Å². The van der Waals surface area contributed by atoms with E-state index in [9.17, 15) is 4.79 Å². The zero-order valence-electron chi connectivity index (χ0n) is 11.8. The fourth-order valence-electron chi connectivity index (χ4n) is 1.89. The van der Waals surface area contributed by atoms with Gasteiger partial charge in [-0.05, 0) is 32.8 Å². The molecule has 0 aliphatic rings. The van der Waals surface area contributed by atoms with Crippen molar-refractivity contribution in [3.8, 4) is 0 Å². The summed E-state index contributed by atoms with van der Waals surface area (Å²) >= 11 is 0. The highest BCUT2D eigenvalue weighted by atomic mass is 16.2. The van der Waals surface area contributed by atoms with Gasteiger partial charge in [0.05, 0.1) is 6.04 Å². The van der Waals surface area contributed by atoms with Crippen molar-refractivity contribution in [3.05, 3.63) is 35.4 Å². The van der Waals surface area contributed by atoms with E-state index in [2.05, 4.69) is 42.7 Å². The third-order valence-corrected chi connectivity index (χ3v) is 2.98. The molecule has 3 heteroatoms. The molecule has 0 bridgehead atoms. The van der Waals surface area contributed by atoms with E-state index in [1.807, 2.05) is 19.9 Å². The largest absolute Gasteiger partial charge is 0.355 e. The molecule has 0 saturated carbocycles. The van der Waals surface area contributed by atoms with E-state index >= 15 is 0 Å². The topological polar surface area (TPSA) is 41.1 Å². The lowest BCUT2D eigenvalue weighted by atomic mass is 10.1. The molecule has 1 aromatic carbocycles. The molecular weight excluding hydrogens is 224 g/mol. The molecule has 0 aromatic heterocycles. The van der Waals surface area contributed by atoms with Gasteiger partial charge in [0.1, 0.15) is 0 Å². The second kappa shape index (κ2) is 7.17. The summed E-state index contributed by atoms with van der Waals surface area (Å²) < 4.78 is 0. The molecular formula is C15H24N2O. The van der Waals surface area contributed by atoms with Crippen LogP contribution in [0.4, 0.5) is 0 Å². The summed E-state index contributed by atoms with van der Waals surface area (Å²) in [7, 11) is 0. The second-order valence-corrected chi connectivity index (χ2v) is 4.82. The van der Waals surface area contributed by atoms with Gasteiger partial charge in [0.25, 0.3) is 0 Å². The van der Waals surface area contributed by atoms with Crippen LogP contribution in [0.15, 0.2) is 24.3 Å². The first kappa shape index (κ1) is 14.7. The lowest BCUT2D eigenvalue weighted by molar-refractivity contribution is -0.122. The van der Waals surface area contributed by atoms with E-state index in [1.165, 1.54) is 11.1 Å². The average Bonchev–Trinajstić information content (AvgIpc) is 2.35. The van der Waals surface area contributed by atoms with Gasteiger partial charge in [-0.1, -0.05) is 36.8 Å². The fourth-order valence-corrected chi connectivity index (χ4v) is 1.89. The molecule has 1 unspecified atom stereocenters. The first-order chi connectivity index (χ1) is 8.54. The minimum absolute atomic E-state index is 0.0661. The Morgan fingerprint density at radius 1 is 1.33 bits per heavy atom. The molecule has 100 valence electrons. The highest BCUT2D eigenvalue weighted by molar-refractivity contribution is 5.81. The third kappa shape index (κ3) is 4.49. The van der Waals surface area contributed by atoms with Gasteiger partial charge in [-0.15, -0.1) is 0 Å². The maximum Gasteiger partial charge on any atom is 0.236 e. The van der Waals surface area contributed by atoms with E-state index in [0.29, 0.717) is 0 Å². The molecule has 0 saturated heterocycles. The third-order valence-electron chi connectivity index (χ3n) is 2.98. The average molecular weight is 248 g/mol. The second-order valence-electron chi connectivity index (χ2n) is 4.82. The van der Waals surface area contributed by atoms with Crippen molar-refractivity contribution < 1.29 is 4.79 Å². The number of hydrogen-bond donors (Lipinski definition) is 2. The van der Waals surface area contributed by atoms with Crippen LogP contribution in [0.2, 0.25) is 0 Å². The Morgan fingerprint density at radius 3 is 2.67 bits per heavy atom. The van der Waals surface area contributed by atoms with Crippen LogP contribution in [-0.4, -0.2) is 18.5 Å². The van der Waals surface area contributed by atoms with Gasteiger partial charge >= 0.3 is 0 Å². The molecule has 18 heavy (non-hydrogen) atoms. The van der Waals surface area contributed by atoms with Crippen LogP contribution >= 0.6 is 0 Å². The first-order valence-electron chi connectivity index (χ1n) is 6.65. The molecule has 2 N–H and O–H groups in total. The van der Waals surface area contributed by atoms with Crippen LogP contribution in [-0.2, 0) is 4.79 Å². The maximum absolute atomic E-state index is 11.8. The predicted octanol–water partition coefficient (Wildman–Crippen LogP) is 2.56. The first-order valence-corrected chi connectivity index (χ1v) is 6.65. The van der Waals surface area contributed by atoms with Crippen LogP contribution in [0.5, 0.6) is 0 Å². The molecule has 0 aliphatic carbocycles. The fraction of sp³-hybridized carbons (Fsp3) is 0.533. The normalized spacial score (nSPS) is 14.0. The van der Waals surface area contributed by atoms with Crippen LogP contribution in [0.25, 0.3) is 0 Å². The maximum atomic E-state index is 11.8. The van der Waals surface area contributed by atoms with E-state index in [1.54, 1.807) is 0 Å². The Morgan fingerprint density at radius 2 is 2.06 bits per heavy atom. The van der Waals surface area contributed by atoms with Gasteiger partial charge < -0.3 is 5.32 Å². The molecule has 2 atom stereocenters. The Labute approximate surface area is 110 Å². The summed E-state index contributed by atoms with van der Waals surface area (Å²) in [5.41, 5.74) is 2.45. The van der Waals surface area contributed by atoms with Crippen molar-refractivity contribution >= 4 is 5.91 Å². The summed E-state index contributed by atoms with van der Waals surface area (Å²) in [5.74, 6) is 0.0661. The number of hydrogen-bond acceptors (Lipinski definition) is 2. The summed E-state index contributed by atoms with van der Waals surface area (Å²) in [5, 5.41) is 6.22. The van der Waals surface area contributed by atoms with Crippen LogP contribution in [0.3, 0.4) is 0 Å². The monoisotopic (exact) mass is 248 g/mol. The molecule has 1 amide bonds. The van der Waals surface area contributed by atoms with Gasteiger partial charge in [0.15, 0.2) is 0 Å². The minimum Gasteiger partial charge on any atom is -0.355 e. The van der Waals surface area contributed by atoms with Crippen molar-refractivity contribution in [2.45, 2.75) is 46.2 Å². The van der Waals surface area contributed by atoms with Crippen LogP contribution < -0.4 is 10.6 Å². The highest BCUT2D eigenvalue weighted by Gasteiger charge is 2.15. The Balaban J connectivity index is 2.53. The van der Waals surface area contributed by atoms with Gasteiger partial charge in [0.2, 0.25) is 5.91 Å². The number of amides is 1. The summed E-state index contributed by atoms with van der Waals surface area (Å²) in [4.78, 5) is 11.8. The van der Waals surface area contributed by atoms with Crippen molar-refractivity contribution in [2.24, 2.45) is 0 Å². The minimum atomic E-state index is -0.174. The van der Waals surface area contributed by atoms with Gasteiger partial charge in [-0.25, -0.2) is 0 Å². The van der Waals surface area contributed by atoms with E-state index in [4.69, 9.17) is 0 Å². The quantitative estimate of drug-likeness (QED) is 0.812. The number of aryl methyl sites for hydroxylation is 1. The molecule has 0 spiro atoms. The summed E-state index contributed by atoms with van der Waals surface area (Å²) in [6.07, 6.45) is 0.964. The molecule has 3 nitrogen and oxygen atoms in total. The summed E-state index contributed by atoms with van der Waals surface area (Å²) in [6, 6.07) is 8.35. The van der Waals surface area contributed by atoms with Gasteiger partial charge in [-0.2, -0.15) is 0 Å². The SMILES string of the molecule is CCCNC(=O)C(C)N[C@H](C)c1cccc(C)c1. The Kier molecular flexibility index (Phi) is 5.86. The predicted molar refractivity (Wildman–Crippen MR) is 75.5 cm³/mol. The molecule has 0 heterocycles. The van der Waals surface area contributed by atoms with Gasteiger partial charge in [0, 0.05) is 12.6 Å². The lowest BCUT2D eigenvalue weighted by Crippen LogP contribution is -2.43. The number of benzene rings is 1. The molecule has 1 rings (SSSR count). The van der Waals surface area contributed by atoms with Crippen LogP contribution in [0.1, 0.15) is 44.4 Å². The van der Waals surface area contributed by atoms with Crippen molar-refractivity contribution in [1.29, 1.82) is 0 Å². The number of nitrogens with one attached hydrogen (secondary N) is 2. The molecule has 0 fully saturated rings. The van der Waals surface area contributed by atoms with Crippen molar-refractivity contribution in [2.75, 3.05) is 6.54 Å². The van der Waals surface area contributed by atoms with Gasteiger partial charge in [-0.3, -0.25) is 10.1 Å². The number of rotatable bonds is 6. The van der Waals surface area contributed by atoms with Crippen LogP contribution in [0, 0.1) is 6.92 Å². The molecule has 0 radical (unpaired) electrons. The highest BCUT2D eigenvalue weighted by Crippen LogP contribution is 2.14. The molecule has 1 aromatic rings. The Bertz CT molecular complexity index is 390. The number of carbonyl (C=O) groups is 1. The van der Waals surface area contributed by atoms with Crippen molar-refractivity contribution in [3.63, 3.8) is 0 Å². The smallest absolute Gasteiger partial charge is 0.236 e.